The van der Waals surface area contributed by atoms with Gasteiger partial charge in [-0.1, -0.05) is 0 Å². The fraction of sp³-hybridized carbons (Fsp3) is 0.400. The molecule has 1 fully saturated rings. The van der Waals surface area contributed by atoms with Gasteiger partial charge in [0.25, 0.3) is 5.91 Å². The molecule has 140 valence electrons. The van der Waals surface area contributed by atoms with Crippen molar-refractivity contribution in [2.45, 2.75) is 6.42 Å². The number of nitrogens with one attached hydrogen (secondary N) is 1. The number of carbonyl (C=O) groups is 2. The number of rotatable bonds is 5. The van der Waals surface area contributed by atoms with Crippen molar-refractivity contribution in [2.75, 3.05) is 37.8 Å². The number of anilines is 1. The molecule has 0 bridgehead atoms. The minimum absolute atomic E-state index is 0.103. The monoisotopic (exact) mass is 398 g/mol. The minimum atomic E-state index is -3.22. The van der Waals surface area contributed by atoms with Gasteiger partial charge in [-0.3, -0.25) is 14.9 Å². The molecule has 2 aromatic rings. The van der Waals surface area contributed by atoms with Crippen LogP contribution in [0.2, 0.25) is 0 Å². The highest BCUT2D eigenvalue weighted by molar-refractivity contribution is 7.88. The number of amides is 2. The third-order valence-electron chi connectivity index (χ3n) is 3.91. The minimum Gasteiger partial charge on any atom is -0.459 e. The van der Waals surface area contributed by atoms with E-state index in [0.717, 1.165) is 6.26 Å². The van der Waals surface area contributed by atoms with E-state index in [2.05, 4.69) is 10.3 Å². The van der Waals surface area contributed by atoms with E-state index in [9.17, 15) is 18.0 Å². The number of piperazine rings is 1. The average molecular weight is 398 g/mol. The van der Waals surface area contributed by atoms with Crippen LogP contribution in [0.1, 0.15) is 16.2 Å². The number of hydrogen-bond acceptors (Lipinski definition) is 7. The topological polar surface area (TPSA) is 113 Å². The molecule has 0 unspecified atom stereocenters. The maximum absolute atomic E-state index is 12.4. The highest BCUT2D eigenvalue weighted by Crippen LogP contribution is 2.18. The molecule has 0 atom stereocenters. The van der Waals surface area contributed by atoms with Gasteiger partial charge in [-0.05, 0) is 12.1 Å². The summed E-state index contributed by atoms with van der Waals surface area (Å²) in [5.41, 5.74) is 0.556. The Balaban J connectivity index is 1.53. The van der Waals surface area contributed by atoms with Crippen LogP contribution in [-0.2, 0) is 21.2 Å². The summed E-state index contributed by atoms with van der Waals surface area (Å²) in [4.78, 5) is 30.1. The maximum Gasteiger partial charge on any atom is 0.293 e. The van der Waals surface area contributed by atoms with Crippen LogP contribution >= 0.6 is 11.3 Å². The Kier molecular flexibility index (Phi) is 5.39. The molecule has 2 aromatic heterocycles. The number of sulfonamides is 1. The third kappa shape index (κ3) is 4.48. The Labute approximate surface area is 154 Å². The van der Waals surface area contributed by atoms with Crippen LogP contribution in [0.5, 0.6) is 0 Å². The highest BCUT2D eigenvalue weighted by Gasteiger charge is 2.26. The fourth-order valence-corrected chi connectivity index (χ4v) is 4.08. The van der Waals surface area contributed by atoms with Gasteiger partial charge in [-0.2, -0.15) is 4.31 Å². The third-order valence-corrected chi connectivity index (χ3v) is 6.02. The number of carbonyl (C=O) groups excluding carboxylic acids is 2. The van der Waals surface area contributed by atoms with Crippen molar-refractivity contribution in [3.63, 3.8) is 0 Å². The summed E-state index contributed by atoms with van der Waals surface area (Å²) in [5, 5.41) is 4.71. The second-order valence-corrected chi connectivity index (χ2v) is 8.64. The SMILES string of the molecule is CS(=O)(=O)N1CCN(C(=O)Cc2csc(NC(=O)c3ccco3)n2)CC1. The van der Waals surface area contributed by atoms with Gasteiger partial charge in [0.15, 0.2) is 10.9 Å². The van der Waals surface area contributed by atoms with Crippen LogP contribution in [0.15, 0.2) is 28.2 Å². The van der Waals surface area contributed by atoms with Crippen LogP contribution < -0.4 is 5.32 Å². The molecule has 0 saturated carbocycles. The van der Waals surface area contributed by atoms with Crippen LogP contribution in [0.3, 0.4) is 0 Å². The van der Waals surface area contributed by atoms with Crippen LogP contribution in [0.25, 0.3) is 0 Å². The first-order valence-corrected chi connectivity index (χ1v) is 10.6. The van der Waals surface area contributed by atoms with Gasteiger partial charge in [-0.15, -0.1) is 11.3 Å². The lowest BCUT2D eigenvalue weighted by Crippen LogP contribution is -2.50. The molecule has 0 spiro atoms. The lowest BCUT2D eigenvalue weighted by molar-refractivity contribution is -0.131. The van der Waals surface area contributed by atoms with Gasteiger partial charge < -0.3 is 9.32 Å². The molecule has 1 N–H and O–H groups in total. The summed E-state index contributed by atoms with van der Waals surface area (Å²) in [6.45, 7) is 1.31. The number of nitrogens with zero attached hydrogens (tertiary/aromatic N) is 3. The second kappa shape index (κ2) is 7.56. The first kappa shape index (κ1) is 18.5. The van der Waals surface area contributed by atoms with E-state index < -0.39 is 15.9 Å². The van der Waals surface area contributed by atoms with E-state index >= 15 is 0 Å². The molecule has 3 rings (SSSR count). The lowest BCUT2D eigenvalue weighted by Gasteiger charge is -2.33. The predicted molar refractivity (Wildman–Crippen MR) is 95.5 cm³/mol. The summed E-state index contributed by atoms with van der Waals surface area (Å²) in [6, 6.07) is 3.16. The Morgan fingerprint density at radius 3 is 2.65 bits per heavy atom. The zero-order valence-corrected chi connectivity index (χ0v) is 15.7. The molecule has 0 aromatic carbocycles. The van der Waals surface area contributed by atoms with Crippen LogP contribution in [0, 0.1) is 0 Å². The van der Waals surface area contributed by atoms with E-state index in [-0.39, 0.29) is 18.1 Å². The fourth-order valence-electron chi connectivity index (χ4n) is 2.55. The zero-order valence-electron chi connectivity index (χ0n) is 14.0. The molecule has 0 aliphatic carbocycles. The van der Waals surface area contributed by atoms with Gasteiger partial charge in [0, 0.05) is 31.6 Å². The first-order valence-electron chi connectivity index (χ1n) is 7.85. The maximum atomic E-state index is 12.4. The molecule has 9 nitrogen and oxygen atoms in total. The second-order valence-electron chi connectivity index (χ2n) is 5.80. The van der Waals surface area contributed by atoms with Crippen LogP contribution in [-0.4, -0.2) is 66.9 Å². The van der Waals surface area contributed by atoms with Gasteiger partial charge in [0.05, 0.1) is 24.6 Å². The van der Waals surface area contributed by atoms with Crippen molar-refractivity contribution in [1.29, 1.82) is 0 Å². The summed E-state index contributed by atoms with van der Waals surface area (Å²) in [6.07, 6.45) is 2.68. The van der Waals surface area contributed by atoms with E-state index in [1.165, 1.54) is 21.9 Å². The smallest absolute Gasteiger partial charge is 0.293 e. The predicted octanol–water partition coefficient (Wildman–Crippen LogP) is 0.635. The van der Waals surface area contributed by atoms with Crippen molar-refractivity contribution in [3.05, 3.63) is 35.2 Å². The average Bonchev–Trinajstić information content (AvgIpc) is 3.26. The molecule has 1 aliphatic heterocycles. The largest absolute Gasteiger partial charge is 0.459 e. The molecular formula is C15H18N4O5S2. The molecule has 11 heteroatoms. The molecular weight excluding hydrogens is 380 g/mol. The number of aromatic nitrogens is 1. The Bertz CT molecular complexity index is 883. The number of thiazole rings is 1. The quantitative estimate of drug-likeness (QED) is 0.791. The summed E-state index contributed by atoms with van der Waals surface area (Å²) < 4.78 is 29.4. The van der Waals surface area contributed by atoms with Gasteiger partial charge in [0.2, 0.25) is 15.9 Å². The summed E-state index contributed by atoms with van der Waals surface area (Å²) >= 11 is 1.22. The van der Waals surface area contributed by atoms with Gasteiger partial charge in [-0.25, -0.2) is 13.4 Å². The standard InChI is InChI=1S/C15H18N4O5S2/c1-26(22,23)19-6-4-18(5-7-19)13(20)9-11-10-25-15(16-11)17-14(21)12-3-2-8-24-12/h2-3,8,10H,4-7,9H2,1H3,(H,16,17,21). The van der Waals surface area contributed by atoms with E-state index in [0.29, 0.717) is 37.0 Å². The van der Waals surface area contributed by atoms with Gasteiger partial charge in [0.1, 0.15) is 0 Å². The Hall–Kier alpha value is -2.24. The van der Waals surface area contributed by atoms with Gasteiger partial charge >= 0.3 is 0 Å². The Morgan fingerprint density at radius 2 is 2.04 bits per heavy atom. The molecule has 3 heterocycles. The van der Waals surface area contributed by atoms with Crippen molar-refractivity contribution in [1.82, 2.24) is 14.2 Å². The zero-order chi connectivity index (χ0) is 18.7. The van der Waals surface area contributed by atoms with Crippen molar-refractivity contribution in [2.24, 2.45) is 0 Å². The van der Waals surface area contributed by atoms with Crippen molar-refractivity contribution >= 4 is 38.3 Å². The summed E-state index contributed by atoms with van der Waals surface area (Å²) in [5.74, 6) is -0.340. The van der Waals surface area contributed by atoms with Crippen molar-refractivity contribution < 1.29 is 22.4 Å². The first-order chi connectivity index (χ1) is 12.3. The van der Waals surface area contributed by atoms with E-state index in [4.69, 9.17) is 4.42 Å². The molecule has 26 heavy (non-hydrogen) atoms. The molecule has 2 amide bonds. The Morgan fingerprint density at radius 1 is 1.31 bits per heavy atom. The normalized spacial score (nSPS) is 15.8. The highest BCUT2D eigenvalue weighted by atomic mass is 32.2. The number of hydrogen-bond donors (Lipinski definition) is 1. The number of furan rings is 1. The van der Waals surface area contributed by atoms with E-state index in [1.807, 2.05) is 0 Å². The van der Waals surface area contributed by atoms with E-state index in [1.54, 1.807) is 22.4 Å². The lowest BCUT2D eigenvalue weighted by atomic mass is 10.2. The molecule has 1 aliphatic rings. The molecule has 1 saturated heterocycles. The summed E-state index contributed by atoms with van der Waals surface area (Å²) in [7, 11) is -3.22. The molecule has 0 radical (unpaired) electrons. The van der Waals surface area contributed by atoms with Crippen molar-refractivity contribution in [3.8, 4) is 0 Å². The van der Waals surface area contributed by atoms with Crippen LogP contribution in [0.4, 0.5) is 5.13 Å².